The van der Waals surface area contributed by atoms with Crippen molar-refractivity contribution in [3.63, 3.8) is 0 Å². The summed E-state index contributed by atoms with van der Waals surface area (Å²) in [5.41, 5.74) is -5.55. The molecule has 2 atom stereocenters. The monoisotopic (exact) mass is 1020 g/mol. The molecule has 0 saturated carbocycles. The normalized spacial score (nSPS) is 12.6. The maximum atomic E-state index is 14.1. The van der Waals surface area contributed by atoms with Gasteiger partial charge in [-0.3, -0.25) is 24.3 Å². The summed E-state index contributed by atoms with van der Waals surface area (Å²) in [5.74, 6) is -4.57. The highest BCUT2D eigenvalue weighted by atomic mass is 35.5. The molecule has 4 aromatic rings. The van der Waals surface area contributed by atoms with Gasteiger partial charge >= 0.3 is 42.0 Å². The molecule has 0 amide bonds. The Labute approximate surface area is 376 Å². The van der Waals surface area contributed by atoms with Crippen LogP contribution >= 0.6 is 42.4 Å². The van der Waals surface area contributed by atoms with E-state index in [9.17, 15) is 64.6 Å². The number of carboxylic acids is 2. The summed E-state index contributed by atoms with van der Waals surface area (Å²) < 4.78 is 94.8. The van der Waals surface area contributed by atoms with Crippen LogP contribution in [0.15, 0.2) is 50.8 Å². The second kappa shape index (κ2) is 24.6. The molecule has 18 nitrogen and oxygen atoms in total. The molecular formula is C35H40Cl3F6N6O12PS. The van der Waals surface area contributed by atoms with Gasteiger partial charge in [-0.05, 0) is 67.6 Å². The summed E-state index contributed by atoms with van der Waals surface area (Å²) in [6, 6.07) is 5.80. The highest BCUT2D eigenvalue weighted by Crippen LogP contribution is 2.28. The van der Waals surface area contributed by atoms with Crippen LogP contribution in [0.4, 0.5) is 26.3 Å². The Morgan fingerprint density at radius 1 is 1.00 bits per heavy atom. The van der Waals surface area contributed by atoms with Crippen LogP contribution in [-0.4, -0.2) is 99.6 Å². The fourth-order valence-corrected chi connectivity index (χ4v) is 5.55. The number of ether oxygens (including phenoxy) is 1. The van der Waals surface area contributed by atoms with Crippen molar-refractivity contribution in [1.82, 2.24) is 28.8 Å². The molecule has 0 saturated heterocycles. The van der Waals surface area contributed by atoms with E-state index in [1.54, 1.807) is 13.8 Å². The quantitative estimate of drug-likeness (QED) is 0.0511. The number of alkyl halides is 6. The lowest BCUT2D eigenvalue weighted by atomic mass is 10.1. The van der Waals surface area contributed by atoms with Crippen LogP contribution in [0.5, 0.6) is 0 Å². The third-order valence-electron chi connectivity index (χ3n) is 7.16. The molecule has 29 heteroatoms. The molecule has 64 heavy (non-hydrogen) atoms. The number of aryl methyl sites for hydroxylation is 1. The number of aromatic nitrogens is 5. The van der Waals surface area contributed by atoms with Crippen molar-refractivity contribution in [3.8, 4) is 11.4 Å². The molecule has 0 aliphatic rings. The molecule has 0 aliphatic heterocycles. The Morgan fingerprint density at radius 2 is 1.56 bits per heavy atom. The van der Waals surface area contributed by atoms with Crippen LogP contribution in [0.2, 0.25) is 10.0 Å². The minimum absolute atomic E-state index is 0.0104. The Kier molecular flexibility index (Phi) is 22.1. The van der Waals surface area contributed by atoms with E-state index >= 15 is 0 Å². The largest absolute Gasteiger partial charge is 0.778 e. The molecule has 2 aromatic heterocycles. The number of benzene rings is 2. The lowest BCUT2D eigenvalue weighted by molar-refractivity contribution is -0.193. The van der Waals surface area contributed by atoms with Crippen LogP contribution < -0.4 is 27.1 Å². The zero-order valence-electron chi connectivity index (χ0n) is 34.3. The van der Waals surface area contributed by atoms with Crippen LogP contribution in [0.1, 0.15) is 47.8 Å². The fraction of sp³-hybridized carbons (Fsp3) is 0.400. The number of hydrogen-bond donors (Lipinski definition) is 4. The minimum Gasteiger partial charge on any atom is -0.778 e. The molecule has 0 radical (unpaired) electrons. The van der Waals surface area contributed by atoms with Crippen molar-refractivity contribution in [3.05, 3.63) is 106 Å². The maximum Gasteiger partial charge on any atom is 0.431 e. The molecule has 0 bridgehead atoms. The summed E-state index contributed by atoms with van der Waals surface area (Å²) in [7, 11) is -2.81. The molecule has 0 aliphatic carbocycles. The van der Waals surface area contributed by atoms with Crippen LogP contribution in [0, 0.1) is 12.7 Å². The average Bonchev–Trinajstić information content (AvgIpc) is 3.43. The van der Waals surface area contributed by atoms with E-state index in [-0.39, 0.29) is 43.7 Å². The number of rotatable bonds is 12. The van der Waals surface area contributed by atoms with Crippen molar-refractivity contribution < 1.29 is 70.0 Å². The van der Waals surface area contributed by atoms with Crippen molar-refractivity contribution in [2.75, 3.05) is 31.6 Å². The van der Waals surface area contributed by atoms with Gasteiger partial charge in [0.1, 0.15) is 30.2 Å². The van der Waals surface area contributed by atoms with Gasteiger partial charge in [0.25, 0.3) is 5.56 Å². The Bertz CT molecular complexity index is 2530. The number of nitrogens with one attached hydrogen (secondary N) is 1. The third-order valence-corrected chi connectivity index (χ3v) is 8.80. The lowest BCUT2D eigenvalue weighted by Crippen LogP contribution is -2.40. The topological polar surface area (TPSA) is 257 Å². The number of carbonyl (C=O) groups excluding carboxylic acids is 1. The lowest BCUT2D eigenvalue weighted by Gasteiger charge is -2.15. The predicted octanol–water partition coefficient (Wildman–Crippen LogP) is 4.20. The van der Waals surface area contributed by atoms with Gasteiger partial charge in [-0.1, -0.05) is 23.2 Å². The first-order chi connectivity index (χ1) is 29.2. The standard InChI is InChI=1S/C16H14ClF3N2O4.C13H10Cl2F3N3O3.C3H8NO5P.C3H9S/c1-8(2)26-14(24)10-6-9(4-5-11(10)17)22-13(23)7-12(16(18,19)20)21(3)15(22)25;1-5-19-21(13(24)20(5)12(17)18)10-3-6(2-8(15)11(22)23)7(14)4-9(10)16;5-3(6)1-4-2-10(7,8)9;1-4(2)3/h4-8H,1-3H3;3-4,8,12H,2H2,1H3,(H,22,23);4H,1-2H2,(H,5,6)(H2,7,8,9);1-3H3/q;;;+1/p-1. The molecule has 356 valence electrons. The molecule has 2 aromatic carbocycles. The molecule has 2 heterocycles. The van der Waals surface area contributed by atoms with E-state index < -0.39 is 96.7 Å². The number of carbonyl (C=O) groups is 3. The minimum atomic E-state index is -4.86. The SMILES string of the molecule is CC(C)OC(=O)c1cc(-n2c(=O)cc(C(F)(F)F)n(C)c2=O)ccc1Cl.C[S+](C)C.Cc1nn(-c2cc(CC(Cl)C(=O)O)c(Cl)cc2F)c(=O)n1C(F)F.O=C(O)CNCP(=O)([O-])O. The highest BCUT2D eigenvalue weighted by Gasteiger charge is 2.35. The second-order valence-electron chi connectivity index (χ2n) is 13.3. The van der Waals surface area contributed by atoms with Crippen molar-refractivity contribution in [1.29, 1.82) is 0 Å². The predicted molar refractivity (Wildman–Crippen MR) is 223 cm³/mol. The van der Waals surface area contributed by atoms with Gasteiger partial charge in [-0.25, -0.2) is 27.9 Å². The molecule has 0 fully saturated rings. The first kappa shape index (κ1) is 57.4. The van der Waals surface area contributed by atoms with E-state index in [4.69, 9.17) is 54.6 Å². The van der Waals surface area contributed by atoms with Crippen LogP contribution in [-0.2, 0) is 49.4 Å². The number of nitrogens with zero attached hydrogens (tertiary/aromatic N) is 5. The Morgan fingerprint density at radius 3 is 2.02 bits per heavy atom. The average molecular weight is 1020 g/mol. The molecular weight excluding hydrogens is 980 g/mol. The van der Waals surface area contributed by atoms with Crippen molar-refractivity contribution in [2.24, 2.45) is 7.05 Å². The molecule has 2 unspecified atom stereocenters. The highest BCUT2D eigenvalue weighted by molar-refractivity contribution is 7.94. The van der Waals surface area contributed by atoms with Gasteiger partial charge in [0.05, 0.1) is 54.0 Å². The summed E-state index contributed by atoms with van der Waals surface area (Å²) in [5, 5.41) is 21.0. The zero-order chi connectivity index (χ0) is 49.8. The van der Waals surface area contributed by atoms with Gasteiger partial charge in [0, 0.05) is 24.6 Å². The molecule has 4 rings (SSSR count). The number of carboxylic acid groups (broad SMARTS) is 2. The summed E-state index contributed by atoms with van der Waals surface area (Å²) in [6.45, 7) is 0.780. The number of hydrogen-bond acceptors (Lipinski definition) is 11. The van der Waals surface area contributed by atoms with E-state index in [1.165, 1.54) is 12.1 Å². The number of halogens is 9. The van der Waals surface area contributed by atoms with Crippen LogP contribution in [0.3, 0.4) is 0 Å². The Hall–Kier alpha value is -4.62. The first-order valence-electron chi connectivity index (χ1n) is 17.4. The Balaban J connectivity index is 0.000000497. The zero-order valence-corrected chi connectivity index (χ0v) is 38.3. The van der Waals surface area contributed by atoms with E-state index in [0.717, 1.165) is 32.2 Å². The van der Waals surface area contributed by atoms with Crippen molar-refractivity contribution >= 4 is 71.2 Å². The van der Waals surface area contributed by atoms with E-state index in [0.29, 0.717) is 30.8 Å². The van der Waals surface area contributed by atoms with Crippen molar-refractivity contribution in [2.45, 2.75) is 51.4 Å². The smallest absolute Gasteiger partial charge is 0.431 e. The second-order valence-corrected chi connectivity index (χ2v) is 18.7. The van der Waals surface area contributed by atoms with E-state index in [2.05, 4.69) is 23.9 Å². The molecule has 4 N–H and O–H groups in total. The van der Waals surface area contributed by atoms with Gasteiger partial charge in [-0.15, -0.1) is 16.7 Å². The summed E-state index contributed by atoms with van der Waals surface area (Å²) >= 11 is 17.4. The summed E-state index contributed by atoms with van der Waals surface area (Å²) in [6.07, 6.45) is 0.313. The van der Waals surface area contributed by atoms with Crippen LogP contribution in [0.25, 0.3) is 11.4 Å². The van der Waals surface area contributed by atoms with Gasteiger partial charge < -0.3 is 29.3 Å². The number of aliphatic carboxylic acids is 2. The first-order valence-corrected chi connectivity index (χ1v) is 22.8. The van der Waals surface area contributed by atoms with Gasteiger partial charge in [0.15, 0.2) is 5.82 Å². The molecule has 0 spiro atoms. The summed E-state index contributed by atoms with van der Waals surface area (Å²) in [4.78, 5) is 87.0. The van der Waals surface area contributed by atoms with E-state index in [1.807, 2.05) is 5.32 Å². The fourth-order valence-electron chi connectivity index (χ4n) is 4.56. The third kappa shape index (κ3) is 17.7. The van der Waals surface area contributed by atoms with Gasteiger partial charge in [-0.2, -0.15) is 26.6 Å². The van der Waals surface area contributed by atoms with Gasteiger partial charge in [0.2, 0.25) is 0 Å². The number of esters is 1. The maximum absolute atomic E-state index is 14.1.